The molecule has 19 heavy (non-hydrogen) atoms. The van der Waals surface area contributed by atoms with Crippen LogP contribution in [-0.4, -0.2) is 17.0 Å². The van der Waals surface area contributed by atoms with Crippen molar-refractivity contribution >= 4 is 27.5 Å². The molecule has 0 aliphatic heterocycles. The Kier molecular flexibility index (Phi) is 4.52. The van der Waals surface area contributed by atoms with E-state index < -0.39 is 6.10 Å². The number of amides is 1. The first-order chi connectivity index (χ1) is 9.15. The summed E-state index contributed by atoms with van der Waals surface area (Å²) < 4.78 is 6.23. The molecule has 1 aromatic heterocycles. The number of hydrogen-bond donors (Lipinski definition) is 1. The zero-order valence-corrected chi connectivity index (χ0v) is 11.9. The van der Waals surface area contributed by atoms with Crippen LogP contribution in [0.1, 0.15) is 6.92 Å². The number of carbonyl (C=O) groups excluding carboxylic acids is 1. The highest BCUT2D eigenvalue weighted by atomic mass is 79.9. The smallest absolute Gasteiger partial charge is 0.265 e. The van der Waals surface area contributed by atoms with Crippen LogP contribution in [0.3, 0.4) is 0 Å². The molecular weight excluding hydrogens is 308 g/mol. The minimum absolute atomic E-state index is 0.200. The molecule has 5 heteroatoms. The van der Waals surface area contributed by atoms with Gasteiger partial charge in [0.15, 0.2) is 6.10 Å². The summed E-state index contributed by atoms with van der Waals surface area (Å²) in [6.45, 7) is 1.69. The van der Waals surface area contributed by atoms with Gasteiger partial charge in [0, 0.05) is 5.69 Å². The molecule has 0 radical (unpaired) electrons. The zero-order chi connectivity index (χ0) is 13.7. The van der Waals surface area contributed by atoms with E-state index in [4.69, 9.17) is 4.74 Å². The zero-order valence-electron chi connectivity index (χ0n) is 10.3. The van der Waals surface area contributed by atoms with Gasteiger partial charge in [-0.15, -0.1) is 0 Å². The highest BCUT2D eigenvalue weighted by Gasteiger charge is 2.14. The number of carbonyl (C=O) groups is 1. The lowest BCUT2D eigenvalue weighted by atomic mass is 10.3. The lowest BCUT2D eigenvalue weighted by Gasteiger charge is -2.14. The fraction of sp³-hybridized carbons (Fsp3) is 0.143. The monoisotopic (exact) mass is 320 g/mol. The predicted octanol–water partition coefficient (Wildman–Crippen LogP) is 3.25. The SMILES string of the molecule is CC(Oc1ccc(Br)nc1)C(=O)Nc1ccccc1. The number of pyridine rings is 1. The first-order valence-corrected chi connectivity index (χ1v) is 6.58. The fourth-order valence-corrected chi connectivity index (χ4v) is 1.69. The fourth-order valence-electron chi connectivity index (χ4n) is 1.45. The van der Waals surface area contributed by atoms with E-state index in [0.717, 1.165) is 10.3 Å². The van der Waals surface area contributed by atoms with Crippen LogP contribution in [-0.2, 0) is 4.79 Å². The van der Waals surface area contributed by atoms with Gasteiger partial charge in [0.05, 0.1) is 6.20 Å². The van der Waals surface area contributed by atoms with E-state index >= 15 is 0 Å². The molecule has 1 heterocycles. The quantitative estimate of drug-likeness (QED) is 0.880. The van der Waals surface area contributed by atoms with Crippen molar-refractivity contribution in [2.75, 3.05) is 5.32 Å². The maximum atomic E-state index is 11.9. The summed E-state index contributed by atoms with van der Waals surface area (Å²) in [5.74, 6) is 0.355. The van der Waals surface area contributed by atoms with Gasteiger partial charge < -0.3 is 10.1 Å². The number of ether oxygens (including phenoxy) is 1. The van der Waals surface area contributed by atoms with Crippen LogP contribution in [0.25, 0.3) is 0 Å². The average Bonchev–Trinajstić information content (AvgIpc) is 2.42. The highest BCUT2D eigenvalue weighted by molar-refractivity contribution is 9.10. The number of nitrogens with zero attached hydrogens (tertiary/aromatic N) is 1. The highest BCUT2D eigenvalue weighted by Crippen LogP contribution is 2.15. The molecule has 1 unspecified atom stereocenters. The molecule has 2 aromatic rings. The summed E-state index contributed by atoms with van der Waals surface area (Å²) in [6, 6.07) is 12.8. The van der Waals surface area contributed by atoms with Crippen LogP contribution in [0, 0.1) is 0 Å². The van der Waals surface area contributed by atoms with Gasteiger partial charge in [0.2, 0.25) is 0 Å². The van der Waals surface area contributed by atoms with Crippen LogP contribution >= 0.6 is 15.9 Å². The number of hydrogen-bond acceptors (Lipinski definition) is 3. The van der Waals surface area contributed by atoms with E-state index in [1.54, 1.807) is 25.3 Å². The third kappa shape index (κ3) is 4.06. The second kappa shape index (κ2) is 6.33. The molecule has 1 N–H and O–H groups in total. The molecule has 0 saturated heterocycles. The molecule has 98 valence electrons. The Morgan fingerprint density at radius 1 is 1.26 bits per heavy atom. The first-order valence-electron chi connectivity index (χ1n) is 5.79. The van der Waals surface area contributed by atoms with E-state index in [9.17, 15) is 4.79 Å². The molecule has 4 nitrogen and oxygen atoms in total. The van der Waals surface area contributed by atoms with Gasteiger partial charge in [0.1, 0.15) is 10.4 Å². The minimum atomic E-state index is -0.594. The molecule has 0 fully saturated rings. The Bertz CT molecular complexity index is 543. The molecule has 2 rings (SSSR count). The predicted molar refractivity (Wildman–Crippen MR) is 77.1 cm³/mol. The Hall–Kier alpha value is -1.88. The third-order valence-corrected chi connectivity index (χ3v) is 2.89. The Morgan fingerprint density at radius 2 is 2.00 bits per heavy atom. The second-order valence-electron chi connectivity index (χ2n) is 3.93. The maximum Gasteiger partial charge on any atom is 0.265 e. The van der Waals surface area contributed by atoms with Crippen LogP contribution in [0.4, 0.5) is 5.69 Å². The van der Waals surface area contributed by atoms with Crippen molar-refractivity contribution in [2.45, 2.75) is 13.0 Å². The molecule has 0 saturated carbocycles. The summed E-state index contributed by atoms with van der Waals surface area (Å²) in [4.78, 5) is 16.0. The number of nitrogens with one attached hydrogen (secondary N) is 1. The molecular formula is C14H13BrN2O2. The van der Waals surface area contributed by atoms with Crippen LogP contribution in [0.5, 0.6) is 5.75 Å². The van der Waals surface area contributed by atoms with Gasteiger partial charge >= 0.3 is 0 Å². The summed E-state index contributed by atoms with van der Waals surface area (Å²) in [7, 11) is 0. The lowest BCUT2D eigenvalue weighted by Crippen LogP contribution is -2.30. The van der Waals surface area contributed by atoms with E-state index in [1.807, 2.05) is 30.3 Å². The van der Waals surface area contributed by atoms with Crippen molar-refractivity contribution in [2.24, 2.45) is 0 Å². The van der Waals surface area contributed by atoms with Crippen molar-refractivity contribution < 1.29 is 9.53 Å². The largest absolute Gasteiger partial charge is 0.479 e. The van der Waals surface area contributed by atoms with Gasteiger partial charge in [0.25, 0.3) is 5.91 Å². The van der Waals surface area contributed by atoms with Crippen molar-refractivity contribution in [3.8, 4) is 5.75 Å². The number of halogens is 1. The van der Waals surface area contributed by atoms with Crippen LogP contribution in [0.2, 0.25) is 0 Å². The summed E-state index contributed by atoms with van der Waals surface area (Å²) >= 11 is 3.24. The number of benzene rings is 1. The Balaban J connectivity index is 1.94. The second-order valence-corrected chi connectivity index (χ2v) is 4.74. The van der Waals surface area contributed by atoms with Crippen molar-refractivity contribution in [1.82, 2.24) is 4.98 Å². The van der Waals surface area contributed by atoms with E-state index in [-0.39, 0.29) is 5.91 Å². The number of aromatic nitrogens is 1. The van der Waals surface area contributed by atoms with Crippen molar-refractivity contribution in [3.05, 3.63) is 53.3 Å². The topological polar surface area (TPSA) is 51.2 Å². The maximum absolute atomic E-state index is 11.9. The molecule has 1 aromatic carbocycles. The first kappa shape index (κ1) is 13.5. The van der Waals surface area contributed by atoms with Crippen molar-refractivity contribution in [1.29, 1.82) is 0 Å². The summed E-state index contributed by atoms with van der Waals surface area (Å²) in [6.07, 6.45) is 0.972. The van der Waals surface area contributed by atoms with E-state index in [2.05, 4.69) is 26.2 Å². The van der Waals surface area contributed by atoms with Gasteiger partial charge in [-0.25, -0.2) is 4.98 Å². The normalized spacial score (nSPS) is 11.7. The molecule has 0 spiro atoms. The molecule has 1 amide bonds. The Labute approximate surface area is 119 Å². The standard InChI is InChI=1S/C14H13BrN2O2/c1-10(19-12-7-8-13(15)16-9-12)14(18)17-11-5-3-2-4-6-11/h2-10H,1H3,(H,17,18). The Morgan fingerprint density at radius 3 is 2.63 bits per heavy atom. The third-order valence-electron chi connectivity index (χ3n) is 2.42. The van der Waals surface area contributed by atoms with Gasteiger partial charge in [-0.3, -0.25) is 4.79 Å². The number of rotatable bonds is 4. The van der Waals surface area contributed by atoms with Gasteiger partial charge in [-0.1, -0.05) is 18.2 Å². The van der Waals surface area contributed by atoms with E-state index in [0.29, 0.717) is 5.75 Å². The van der Waals surface area contributed by atoms with Crippen LogP contribution in [0.15, 0.2) is 53.3 Å². The summed E-state index contributed by atoms with van der Waals surface area (Å²) in [5, 5.41) is 2.78. The average molecular weight is 321 g/mol. The number of para-hydroxylation sites is 1. The summed E-state index contributed by atoms with van der Waals surface area (Å²) in [5.41, 5.74) is 0.747. The van der Waals surface area contributed by atoms with E-state index in [1.165, 1.54) is 0 Å². The molecule has 0 aliphatic rings. The molecule has 1 atom stereocenters. The number of anilines is 1. The minimum Gasteiger partial charge on any atom is -0.479 e. The lowest BCUT2D eigenvalue weighted by molar-refractivity contribution is -0.122. The van der Waals surface area contributed by atoms with Gasteiger partial charge in [-0.2, -0.15) is 0 Å². The molecule has 0 bridgehead atoms. The van der Waals surface area contributed by atoms with Crippen LogP contribution < -0.4 is 10.1 Å². The van der Waals surface area contributed by atoms with Gasteiger partial charge in [-0.05, 0) is 47.1 Å². The van der Waals surface area contributed by atoms with Crippen molar-refractivity contribution in [3.63, 3.8) is 0 Å². The molecule has 0 aliphatic carbocycles.